The SMILES string of the molecule is CCCC(CC(CCC)OP(=O)(c1ccccc1)c1ccccc1)OP(=O)(c1ccccc1)c1ccccc1. The van der Waals surface area contributed by atoms with E-state index in [1.54, 1.807) is 0 Å². The van der Waals surface area contributed by atoms with Crippen molar-refractivity contribution in [3.05, 3.63) is 121 Å². The van der Waals surface area contributed by atoms with Gasteiger partial charge in [0.2, 0.25) is 0 Å². The van der Waals surface area contributed by atoms with Crippen molar-refractivity contribution in [2.75, 3.05) is 0 Å². The van der Waals surface area contributed by atoms with Gasteiger partial charge in [-0.25, -0.2) is 0 Å². The molecule has 0 aliphatic carbocycles. The fraction of sp³-hybridized carbons (Fsp3) is 0.273. The summed E-state index contributed by atoms with van der Waals surface area (Å²) in [5.41, 5.74) is 0. The molecule has 4 aromatic rings. The third-order valence-corrected chi connectivity index (χ3v) is 11.8. The third-order valence-electron chi connectivity index (χ3n) is 6.73. The monoisotopic (exact) mass is 560 g/mol. The normalized spacial score (nSPS) is 13.6. The Kier molecular flexibility index (Phi) is 10.5. The molecule has 2 atom stereocenters. The molecule has 4 nitrogen and oxygen atoms in total. The van der Waals surface area contributed by atoms with Gasteiger partial charge in [-0.2, -0.15) is 0 Å². The van der Waals surface area contributed by atoms with Crippen molar-refractivity contribution in [2.24, 2.45) is 0 Å². The van der Waals surface area contributed by atoms with Crippen LogP contribution in [0.15, 0.2) is 121 Å². The minimum atomic E-state index is -3.38. The maximum atomic E-state index is 14.7. The van der Waals surface area contributed by atoms with E-state index in [0.717, 1.165) is 12.8 Å². The Morgan fingerprint density at radius 3 is 0.974 bits per heavy atom. The summed E-state index contributed by atoms with van der Waals surface area (Å²) in [6.45, 7) is 4.20. The first-order valence-corrected chi connectivity index (χ1v) is 17.0. The minimum absolute atomic E-state index is 0.335. The average molecular weight is 561 g/mol. The van der Waals surface area contributed by atoms with Crippen LogP contribution in [0.25, 0.3) is 0 Å². The van der Waals surface area contributed by atoms with Crippen molar-refractivity contribution >= 4 is 36.0 Å². The molecular formula is C33H38O4P2. The Balaban J connectivity index is 1.67. The van der Waals surface area contributed by atoms with Gasteiger partial charge < -0.3 is 9.05 Å². The summed E-state index contributed by atoms with van der Waals surface area (Å²) in [7, 11) is -6.75. The van der Waals surface area contributed by atoms with Crippen LogP contribution < -0.4 is 21.2 Å². The zero-order valence-corrected chi connectivity index (χ0v) is 24.6. The highest BCUT2D eigenvalue weighted by atomic mass is 31.2. The molecule has 2 unspecified atom stereocenters. The molecule has 0 aliphatic heterocycles. The summed E-state index contributed by atoms with van der Waals surface area (Å²) in [5.74, 6) is 0. The molecule has 0 fully saturated rings. The summed E-state index contributed by atoms with van der Waals surface area (Å²) in [6.07, 6.45) is 2.98. The molecule has 39 heavy (non-hydrogen) atoms. The molecular weight excluding hydrogens is 522 g/mol. The second kappa shape index (κ2) is 14.1. The molecule has 0 N–H and O–H groups in total. The zero-order valence-electron chi connectivity index (χ0n) is 22.8. The molecule has 0 aromatic heterocycles. The van der Waals surface area contributed by atoms with Gasteiger partial charge in [0.1, 0.15) is 0 Å². The summed E-state index contributed by atoms with van der Waals surface area (Å²) in [6, 6.07) is 37.8. The molecule has 0 spiro atoms. The quantitative estimate of drug-likeness (QED) is 0.149. The molecule has 6 heteroatoms. The number of hydrogen-bond donors (Lipinski definition) is 0. The van der Waals surface area contributed by atoms with E-state index in [1.165, 1.54) is 0 Å². The lowest BCUT2D eigenvalue weighted by molar-refractivity contribution is 0.108. The van der Waals surface area contributed by atoms with Crippen molar-refractivity contribution in [2.45, 2.75) is 58.2 Å². The molecule has 0 amide bonds. The van der Waals surface area contributed by atoms with Gasteiger partial charge in [-0.3, -0.25) is 9.13 Å². The fourth-order valence-electron chi connectivity index (χ4n) is 4.82. The average Bonchev–Trinajstić information content (AvgIpc) is 2.99. The third kappa shape index (κ3) is 7.27. The lowest BCUT2D eigenvalue weighted by atomic mass is 10.0. The largest absolute Gasteiger partial charge is 0.319 e. The molecule has 4 rings (SSSR count). The summed E-state index contributed by atoms with van der Waals surface area (Å²) in [4.78, 5) is 0. The predicted molar refractivity (Wildman–Crippen MR) is 164 cm³/mol. The van der Waals surface area contributed by atoms with E-state index in [9.17, 15) is 9.13 Å². The van der Waals surface area contributed by atoms with E-state index in [4.69, 9.17) is 9.05 Å². The van der Waals surface area contributed by atoms with Gasteiger partial charge in [-0.05, 0) is 61.4 Å². The van der Waals surface area contributed by atoms with Crippen LogP contribution in [0.5, 0.6) is 0 Å². The van der Waals surface area contributed by atoms with Gasteiger partial charge in [0, 0.05) is 27.6 Å². The van der Waals surface area contributed by atoms with Crippen molar-refractivity contribution in [3.8, 4) is 0 Å². The van der Waals surface area contributed by atoms with E-state index >= 15 is 0 Å². The fourth-order valence-corrected chi connectivity index (χ4v) is 9.39. The Hall–Kier alpha value is -2.74. The van der Waals surface area contributed by atoms with Crippen molar-refractivity contribution < 1.29 is 18.2 Å². The maximum Gasteiger partial charge on any atom is 0.261 e. The molecule has 0 heterocycles. The molecule has 0 saturated carbocycles. The lowest BCUT2D eigenvalue weighted by Crippen LogP contribution is -2.29. The van der Waals surface area contributed by atoms with E-state index in [0.29, 0.717) is 40.5 Å². The van der Waals surface area contributed by atoms with Crippen molar-refractivity contribution in [1.29, 1.82) is 0 Å². The second-order valence-electron chi connectivity index (χ2n) is 9.71. The van der Waals surface area contributed by atoms with Crippen LogP contribution in [0.1, 0.15) is 46.0 Å². The highest BCUT2D eigenvalue weighted by Crippen LogP contribution is 2.50. The molecule has 0 bridgehead atoms. The predicted octanol–water partition coefficient (Wildman–Crippen LogP) is 7.61. The topological polar surface area (TPSA) is 52.6 Å². The number of benzene rings is 4. The van der Waals surface area contributed by atoms with Crippen LogP contribution in [0.2, 0.25) is 0 Å². The van der Waals surface area contributed by atoms with Gasteiger partial charge >= 0.3 is 0 Å². The van der Waals surface area contributed by atoms with Gasteiger partial charge in [-0.1, -0.05) is 99.5 Å². The van der Waals surface area contributed by atoms with Gasteiger partial charge in [0.05, 0.1) is 12.2 Å². The Bertz CT molecular complexity index is 1170. The summed E-state index contributed by atoms with van der Waals surface area (Å²) in [5, 5.41) is 2.68. The van der Waals surface area contributed by atoms with Crippen molar-refractivity contribution in [3.63, 3.8) is 0 Å². The Morgan fingerprint density at radius 2 is 0.744 bits per heavy atom. The van der Waals surface area contributed by atoms with E-state index < -0.39 is 14.7 Å². The second-order valence-corrected chi connectivity index (χ2v) is 14.4. The van der Waals surface area contributed by atoms with E-state index in [2.05, 4.69) is 13.8 Å². The van der Waals surface area contributed by atoms with Crippen LogP contribution in [-0.4, -0.2) is 12.2 Å². The summed E-state index contributed by atoms with van der Waals surface area (Å²) < 4.78 is 42.6. The van der Waals surface area contributed by atoms with Gasteiger partial charge in [0.25, 0.3) is 14.7 Å². The maximum absolute atomic E-state index is 14.7. The smallest absolute Gasteiger partial charge is 0.261 e. The zero-order chi connectivity index (χ0) is 27.6. The van der Waals surface area contributed by atoms with E-state index in [1.807, 2.05) is 121 Å². The van der Waals surface area contributed by atoms with E-state index in [-0.39, 0.29) is 12.2 Å². The van der Waals surface area contributed by atoms with Gasteiger partial charge in [-0.15, -0.1) is 0 Å². The minimum Gasteiger partial charge on any atom is -0.319 e. The van der Waals surface area contributed by atoms with Gasteiger partial charge in [0.15, 0.2) is 0 Å². The Morgan fingerprint density at radius 1 is 0.487 bits per heavy atom. The van der Waals surface area contributed by atoms with Crippen molar-refractivity contribution in [1.82, 2.24) is 0 Å². The first-order valence-electron chi connectivity index (χ1n) is 13.8. The first-order chi connectivity index (χ1) is 19.0. The molecule has 4 aromatic carbocycles. The molecule has 0 radical (unpaired) electrons. The first kappa shape index (κ1) is 29.2. The standard InChI is InChI=1S/C33H38O4P2/c1-3-17-28(36-38(34,30-19-9-5-10-20-30)31-21-11-6-12-22-31)27-29(18-4-2)37-39(35,32-23-13-7-14-24-32)33-25-15-8-16-26-33/h5-16,19-26,28-29H,3-4,17-18,27H2,1-2H3. The molecule has 204 valence electrons. The highest BCUT2D eigenvalue weighted by Gasteiger charge is 2.36. The summed E-state index contributed by atoms with van der Waals surface area (Å²) >= 11 is 0. The molecule has 0 saturated heterocycles. The molecule has 0 aliphatic rings. The number of hydrogen-bond acceptors (Lipinski definition) is 4. The number of rotatable bonds is 14. The van der Waals surface area contributed by atoms with Crippen LogP contribution in [0.4, 0.5) is 0 Å². The van der Waals surface area contributed by atoms with Crippen LogP contribution >= 0.6 is 14.7 Å². The Labute approximate surface area is 233 Å². The van der Waals surface area contributed by atoms with Crippen LogP contribution in [0, 0.1) is 0 Å². The van der Waals surface area contributed by atoms with Crippen LogP contribution in [0.3, 0.4) is 0 Å². The lowest BCUT2D eigenvalue weighted by Gasteiger charge is -2.31. The highest BCUT2D eigenvalue weighted by molar-refractivity contribution is 7.74. The van der Waals surface area contributed by atoms with Crippen LogP contribution in [-0.2, 0) is 18.2 Å².